The lowest BCUT2D eigenvalue weighted by Gasteiger charge is -2.07. The number of fused-ring (bicyclic) bond motifs is 1. The second kappa shape index (κ2) is 6.93. The number of hydrogen-bond acceptors (Lipinski definition) is 5. The predicted octanol–water partition coefficient (Wildman–Crippen LogP) is 1.03. The Kier molecular flexibility index (Phi) is 4.97. The van der Waals surface area contributed by atoms with E-state index < -0.39 is 0 Å². The van der Waals surface area contributed by atoms with Crippen molar-refractivity contribution in [3.8, 4) is 5.75 Å². The molecule has 0 aliphatic heterocycles. The zero-order chi connectivity index (χ0) is 14.4. The van der Waals surface area contributed by atoms with Gasteiger partial charge in [0.15, 0.2) is 18.1 Å². The van der Waals surface area contributed by atoms with E-state index in [-0.39, 0.29) is 19.1 Å². The van der Waals surface area contributed by atoms with Gasteiger partial charge >= 0.3 is 0 Å². The van der Waals surface area contributed by atoms with E-state index in [1.807, 2.05) is 24.3 Å². The average molecular weight is 278 g/mol. The number of nitrogens with one attached hydrogen (secondary N) is 1. The van der Waals surface area contributed by atoms with Crippen molar-refractivity contribution in [2.24, 2.45) is 5.73 Å². The largest absolute Gasteiger partial charge is 0.479 e. The third-order valence-corrected chi connectivity index (χ3v) is 2.78. The Hall–Kier alpha value is -2.05. The number of furan rings is 1. The molecule has 0 saturated carbocycles. The van der Waals surface area contributed by atoms with E-state index in [1.165, 1.54) is 0 Å². The number of rotatable bonds is 7. The van der Waals surface area contributed by atoms with Crippen molar-refractivity contribution in [3.05, 3.63) is 30.0 Å². The summed E-state index contributed by atoms with van der Waals surface area (Å²) in [4.78, 5) is 11.6. The number of nitrogens with two attached hydrogens (primary N) is 1. The molecule has 0 aliphatic rings. The number of carbonyl (C=O) groups is 1. The molecule has 0 unspecified atom stereocenters. The van der Waals surface area contributed by atoms with Gasteiger partial charge in [-0.1, -0.05) is 12.1 Å². The molecule has 0 bridgehead atoms. The van der Waals surface area contributed by atoms with Gasteiger partial charge in [0.25, 0.3) is 5.91 Å². The summed E-state index contributed by atoms with van der Waals surface area (Å²) >= 11 is 0. The normalized spacial score (nSPS) is 10.7. The summed E-state index contributed by atoms with van der Waals surface area (Å²) in [7, 11) is 1.58. The van der Waals surface area contributed by atoms with Crippen LogP contribution in [0.2, 0.25) is 0 Å². The van der Waals surface area contributed by atoms with Crippen molar-refractivity contribution in [1.82, 2.24) is 5.32 Å². The van der Waals surface area contributed by atoms with E-state index in [4.69, 9.17) is 19.6 Å². The molecule has 1 aromatic carbocycles. The van der Waals surface area contributed by atoms with Crippen molar-refractivity contribution in [2.45, 2.75) is 6.54 Å². The minimum atomic E-state index is -0.213. The zero-order valence-electron chi connectivity index (χ0n) is 11.3. The number of methoxy groups -OCH3 is 1. The SMILES string of the molecule is COCCNC(=O)COc1c(CN)oc2ccccc12. The van der Waals surface area contributed by atoms with Gasteiger partial charge < -0.3 is 24.9 Å². The van der Waals surface area contributed by atoms with Crippen molar-refractivity contribution < 1.29 is 18.7 Å². The fourth-order valence-electron chi connectivity index (χ4n) is 1.85. The predicted molar refractivity (Wildman–Crippen MR) is 74.5 cm³/mol. The maximum absolute atomic E-state index is 11.6. The van der Waals surface area contributed by atoms with Crippen LogP contribution in [0.25, 0.3) is 11.0 Å². The molecule has 6 heteroatoms. The summed E-state index contributed by atoms with van der Waals surface area (Å²) < 4.78 is 16.0. The highest BCUT2D eigenvalue weighted by Crippen LogP contribution is 2.32. The van der Waals surface area contributed by atoms with E-state index in [9.17, 15) is 4.79 Å². The molecule has 6 nitrogen and oxygen atoms in total. The molecule has 108 valence electrons. The molecule has 20 heavy (non-hydrogen) atoms. The van der Waals surface area contributed by atoms with Crippen LogP contribution in [-0.2, 0) is 16.1 Å². The average Bonchev–Trinajstić information content (AvgIpc) is 2.83. The molecule has 2 aromatic rings. The highest BCUT2D eigenvalue weighted by Gasteiger charge is 2.15. The van der Waals surface area contributed by atoms with E-state index in [0.29, 0.717) is 30.2 Å². The lowest BCUT2D eigenvalue weighted by Crippen LogP contribution is -2.31. The first kappa shape index (κ1) is 14.4. The number of hydrogen-bond donors (Lipinski definition) is 2. The van der Waals surface area contributed by atoms with Crippen molar-refractivity contribution in [1.29, 1.82) is 0 Å². The third kappa shape index (κ3) is 3.28. The van der Waals surface area contributed by atoms with Gasteiger partial charge in [-0.3, -0.25) is 4.79 Å². The first-order valence-electron chi connectivity index (χ1n) is 6.35. The maximum atomic E-state index is 11.6. The molecule has 1 heterocycles. The Balaban J connectivity index is 2.03. The van der Waals surface area contributed by atoms with Crippen LogP contribution in [0.15, 0.2) is 28.7 Å². The Morgan fingerprint density at radius 3 is 2.95 bits per heavy atom. The topological polar surface area (TPSA) is 86.7 Å². The molecule has 0 atom stereocenters. The molecule has 0 radical (unpaired) electrons. The second-order valence-corrected chi connectivity index (χ2v) is 4.19. The van der Waals surface area contributed by atoms with Crippen LogP contribution >= 0.6 is 0 Å². The van der Waals surface area contributed by atoms with E-state index in [0.717, 1.165) is 5.39 Å². The van der Waals surface area contributed by atoms with E-state index in [2.05, 4.69) is 5.32 Å². The third-order valence-electron chi connectivity index (χ3n) is 2.78. The van der Waals surface area contributed by atoms with Crippen LogP contribution in [0, 0.1) is 0 Å². The molecule has 0 spiro atoms. The van der Waals surface area contributed by atoms with Gasteiger partial charge in [0.2, 0.25) is 0 Å². The summed E-state index contributed by atoms with van der Waals surface area (Å²) in [6.45, 7) is 1.05. The van der Waals surface area contributed by atoms with Gasteiger partial charge in [-0.15, -0.1) is 0 Å². The highest BCUT2D eigenvalue weighted by atomic mass is 16.5. The summed E-state index contributed by atoms with van der Waals surface area (Å²) in [5.74, 6) is 0.858. The summed E-state index contributed by atoms with van der Waals surface area (Å²) in [5.41, 5.74) is 6.33. The molecular formula is C14H18N2O4. The number of ether oxygens (including phenoxy) is 2. The second-order valence-electron chi connectivity index (χ2n) is 4.19. The Morgan fingerprint density at radius 1 is 1.40 bits per heavy atom. The Morgan fingerprint density at radius 2 is 2.20 bits per heavy atom. The zero-order valence-corrected chi connectivity index (χ0v) is 11.3. The van der Waals surface area contributed by atoms with Gasteiger partial charge in [0.1, 0.15) is 5.58 Å². The Labute approximate surface area is 116 Å². The summed E-state index contributed by atoms with van der Waals surface area (Å²) in [6, 6.07) is 7.45. The fraction of sp³-hybridized carbons (Fsp3) is 0.357. The minimum absolute atomic E-state index is 0.0831. The Bertz CT molecular complexity index is 580. The van der Waals surface area contributed by atoms with Crippen LogP contribution in [0.4, 0.5) is 0 Å². The molecule has 1 aromatic heterocycles. The first-order valence-corrected chi connectivity index (χ1v) is 6.35. The molecule has 0 aliphatic carbocycles. The number of benzene rings is 1. The standard InChI is InChI=1S/C14H18N2O4/c1-18-7-6-16-13(17)9-19-14-10-4-2-3-5-11(10)20-12(14)8-15/h2-5H,6-9,15H2,1H3,(H,16,17). The summed E-state index contributed by atoms with van der Waals surface area (Å²) in [5, 5.41) is 3.50. The molecule has 2 rings (SSSR count). The summed E-state index contributed by atoms with van der Waals surface area (Å²) in [6.07, 6.45) is 0. The molecule has 0 saturated heterocycles. The minimum Gasteiger partial charge on any atom is -0.479 e. The van der Waals surface area contributed by atoms with E-state index >= 15 is 0 Å². The number of para-hydroxylation sites is 1. The monoisotopic (exact) mass is 278 g/mol. The quantitative estimate of drug-likeness (QED) is 0.739. The molecule has 0 fully saturated rings. The van der Waals surface area contributed by atoms with Gasteiger partial charge in [0.05, 0.1) is 18.5 Å². The first-order chi connectivity index (χ1) is 9.76. The van der Waals surface area contributed by atoms with Crippen molar-refractivity contribution >= 4 is 16.9 Å². The van der Waals surface area contributed by atoms with Gasteiger partial charge in [0, 0.05) is 13.7 Å². The van der Waals surface area contributed by atoms with Crippen LogP contribution in [0.5, 0.6) is 5.75 Å². The van der Waals surface area contributed by atoms with Crippen molar-refractivity contribution in [2.75, 3.05) is 26.9 Å². The lowest BCUT2D eigenvalue weighted by atomic mass is 10.2. The number of amides is 1. The molecule has 3 N–H and O–H groups in total. The van der Waals surface area contributed by atoms with Gasteiger partial charge in [-0.25, -0.2) is 0 Å². The van der Waals surface area contributed by atoms with Gasteiger partial charge in [-0.2, -0.15) is 0 Å². The van der Waals surface area contributed by atoms with Crippen LogP contribution in [0.1, 0.15) is 5.76 Å². The van der Waals surface area contributed by atoms with Crippen LogP contribution < -0.4 is 15.8 Å². The lowest BCUT2D eigenvalue weighted by molar-refractivity contribution is -0.123. The van der Waals surface area contributed by atoms with Crippen LogP contribution in [-0.4, -0.2) is 32.8 Å². The van der Waals surface area contributed by atoms with Crippen LogP contribution in [0.3, 0.4) is 0 Å². The van der Waals surface area contributed by atoms with E-state index in [1.54, 1.807) is 7.11 Å². The maximum Gasteiger partial charge on any atom is 0.258 e. The number of carbonyl (C=O) groups excluding carboxylic acids is 1. The van der Waals surface area contributed by atoms with Crippen molar-refractivity contribution in [3.63, 3.8) is 0 Å². The van der Waals surface area contributed by atoms with Gasteiger partial charge in [-0.05, 0) is 12.1 Å². The molecule has 1 amide bonds. The highest BCUT2D eigenvalue weighted by molar-refractivity contribution is 5.86. The smallest absolute Gasteiger partial charge is 0.258 e. The molecular weight excluding hydrogens is 260 g/mol. The fourth-order valence-corrected chi connectivity index (χ4v) is 1.85.